The molecular formula is C12H9BrCl2O. The molecule has 0 amide bonds. The Labute approximate surface area is 112 Å². The van der Waals surface area contributed by atoms with E-state index < -0.39 is 0 Å². The fourth-order valence-corrected chi connectivity index (χ4v) is 2.69. The summed E-state index contributed by atoms with van der Waals surface area (Å²) in [7, 11) is 0. The lowest BCUT2D eigenvalue weighted by Crippen LogP contribution is -1.95. The first kappa shape index (κ1) is 12.0. The molecule has 0 aliphatic carbocycles. The molecule has 0 fully saturated rings. The first-order valence-electron chi connectivity index (χ1n) is 4.79. The number of hydrogen-bond donors (Lipinski definition) is 0. The van der Waals surface area contributed by atoms with Crippen LogP contribution in [0.3, 0.4) is 0 Å². The SMILES string of the molecule is Clc1ccccc1CC(Cl)c1ccoc1Br. The molecule has 2 aromatic rings. The molecular weight excluding hydrogens is 311 g/mol. The summed E-state index contributed by atoms with van der Waals surface area (Å²) >= 11 is 15.7. The molecule has 1 aromatic carbocycles. The molecule has 1 nitrogen and oxygen atoms in total. The van der Waals surface area contributed by atoms with Gasteiger partial charge in [0.05, 0.1) is 11.6 Å². The molecule has 84 valence electrons. The van der Waals surface area contributed by atoms with Crippen LogP contribution in [0.25, 0.3) is 0 Å². The van der Waals surface area contributed by atoms with Crippen LogP contribution in [-0.4, -0.2) is 0 Å². The molecule has 16 heavy (non-hydrogen) atoms. The van der Waals surface area contributed by atoms with Crippen molar-refractivity contribution in [2.24, 2.45) is 0 Å². The Hall–Kier alpha value is -0.440. The highest BCUT2D eigenvalue weighted by molar-refractivity contribution is 9.10. The van der Waals surface area contributed by atoms with Gasteiger partial charge in [-0.05, 0) is 40.0 Å². The van der Waals surface area contributed by atoms with E-state index in [-0.39, 0.29) is 5.38 Å². The first-order valence-corrected chi connectivity index (χ1v) is 6.39. The Kier molecular flexibility index (Phi) is 3.95. The average molecular weight is 320 g/mol. The molecule has 0 radical (unpaired) electrons. The summed E-state index contributed by atoms with van der Waals surface area (Å²) in [4.78, 5) is 0. The van der Waals surface area contributed by atoms with Crippen molar-refractivity contribution in [2.45, 2.75) is 11.8 Å². The predicted octanol–water partition coefficient (Wildman–Crippen LogP) is 5.22. The number of hydrogen-bond acceptors (Lipinski definition) is 1. The summed E-state index contributed by atoms with van der Waals surface area (Å²) < 4.78 is 5.83. The van der Waals surface area contributed by atoms with Gasteiger partial charge in [-0.15, -0.1) is 11.6 Å². The van der Waals surface area contributed by atoms with E-state index in [0.29, 0.717) is 11.1 Å². The van der Waals surface area contributed by atoms with Gasteiger partial charge in [0.1, 0.15) is 0 Å². The van der Waals surface area contributed by atoms with Gasteiger partial charge in [-0.3, -0.25) is 0 Å². The van der Waals surface area contributed by atoms with Crippen LogP contribution in [0, 0.1) is 0 Å². The van der Waals surface area contributed by atoms with E-state index in [1.54, 1.807) is 6.26 Å². The van der Waals surface area contributed by atoms with Crippen molar-refractivity contribution in [3.63, 3.8) is 0 Å². The van der Waals surface area contributed by atoms with Crippen molar-refractivity contribution in [3.05, 3.63) is 57.4 Å². The average Bonchev–Trinajstić information content (AvgIpc) is 2.68. The summed E-state index contributed by atoms with van der Waals surface area (Å²) in [5.74, 6) is 0. The molecule has 1 atom stereocenters. The van der Waals surface area contributed by atoms with Gasteiger partial charge < -0.3 is 4.42 Å². The fourth-order valence-electron chi connectivity index (χ4n) is 1.50. The van der Waals surface area contributed by atoms with Gasteiger partial charge in [-0.1, -0.05) is 29.8 Å². The van der Waals surface area contributed by atoms with Gasteiger partial charge in [-0.25, -0.2) is 0 Å². The third-order valence-corrected chi connectivity index (χ3v) is 3.74. The third kappa shape index (κ3) is 2.62. The summed E-state index contributed by atoms with van der Waals surface area (Å²) in [5.41, 5.74) is 1.99. The first-order chi connectivity index (χ1) is 7.68. The zero-order chi connectivity index (χ0) is 11.5. The Morgan fingerprint density at radius 3 is 2.62 bits per heavy atom. The molecule has 0 saturated carbocycles. The quantitative estimate of drug-likeness (QED) is 0.707. The number of alkyl halides is 1. The lowest BCUT2D eigenvalue weighted by Gasteiger charge is -2.09. The third-order valence-electron chi connectivity index (χ3n) is 2.34. The molecule has 1 aromatic heterocycles. The van der Waals surface area contributed by atoms with Gasteiger partial charge in [0.15, 0.2) is 4.67 Å². The van der Waals surface area contributed by atoms with E-state index in [4.69, 9.17) is 27.6 Å². The minimum atomic E-state index is -0.145. The number of benzene rings is 1. The number of rotatable bonds is 3. The van der Waals surface area contributed by atoms with Crippen LogP contribution < -0.4 is 0 Å². The maximum Gasteiger partial charge on any atom is 0.173 e. The van der Waals surface area contributed by atoms with E-state index in [0.717, 1.165) is 16.1 Å². The van der Waals surface area contributed by atoms with Crippen LogP contribution in [0.1, 0.15) is 16.5 Å². The van der Waals surface area contributed by atoms with Crippen molar-refractivity contribution >= 4 is 39.1 Å². The van der Waals surface area contributed by atoms with Gasteiger partial charge in [0, 0.05) is 10.6 Å². The van der Waals surface area contributed by atoms with Crippen molar-refractivity contribution in [1.29, 1.82) is 0 Å². The maximum atomic E-state index is 6.31. The van der Waals surface area contributed by atoms with E-state index in [9.17, 15) is 0 Å². The van der Waals surface area contributed by atoms with Crippen LogP contribution in [0.4, 0.5) is 0 Å². The van der Waals surface area contributed by atoms with Crippen molar-refractivity contribution < 1.29 is 4.42 Å². The maximum absolute atomic E-state index is 6.31. The molecule has 2 rings (SSSR count). The number of furan rings is 1. The van der Waals surface area contributed by atoms with Crippen LogP contribution in [0.2, 0.25) is 5.02 Å². The molecule has 1 unspecified atom stereocenters. The smallest absolute Gasteiger partial charge is 0.173 e. The zero-order valence-electron chi connectivity index (χ0n) is 8.29. The zero-order valence-corrected chi connectivity index (χ0v) is 11.4. The minimum absolute atomic E-state index is 0.145. The molecule has 0 saturated heterocycles. The second-order valence-corrected chi connectivity index (χ2v) is 5.07. The monoisotopic (exact) mass is 318 g/mol. The van der Waals surface area contributed by atoms with Crippen LogP contribution in [0.5, 0.6) is 0 Å². The van der Waals surface area contributed by atoms with E-state index in [2.05, 4.69) is 15.9 Å². The van der Waals surface area contributed by atoms with E-state index >= 15 is 0 Å². The van der Waals surface area contributed by atoms with Gasteiger partial charge >= 0.3 is 0 Å². The highest BCUT2D eigenvalue weighted by atomic mass is 79.9. The topological polar surface area (TPSA) is 13.1 Å². The van der Waals surface area contributed by atoms with Gasteiger partial charge in [0.25, 0.3) is 0 Å². The molecule has 0 aliphatic heterocycles. The minimum Gasteiger partial charge on any atom is -0.457 e. The highest BCUT2D eigenvalue weighted by Gasteiger charge is 2.15. The molecule has 0 spiro atoms. The highest BCUT2D eigenvalue weighted by Crippen LogP contribution is 2.33. The molecule has 4 heteroatoms. The van der Waals surface area contributed by atoms with Gasteiger partial charge in [0.2, 0.25) is 0 Å². The second kappa shape index (κ2) is 5.26. The largest absolute Gasteiger partial charge is 0.457 e. The van der Waals surface area contributed by atoms with Crippen molar-refractivity contribution in [2.75, 3.05) is 0 Å². The molecule has 0 bridgehead atoms. The van der Waals surface area contributed by atoms with Gasteiger partial charge in [-0.2, -0.15) is 0 Å². The molecule has 0 aliphatic rings. The van der Waals surface area contributed by atoms with Crippen molar-refractivity contribution in [1.82, 2.24) is 0 Å². The lowest BCUT2D eigenvalue weighted by atomic mass is 10.1. The van der Waals surface area contributed by atoms with Crippen LogP contribution >= 0.6 is 39.1 Å². The van der Waals surface area contributed by atoms with E-state index in [1.165, 1.54) is 0 Å². The second-order valence-electron chi connectivity index (χ2n) is 3.41. The lowest BCUT2D eigenvalue weighted by molar-refractivity contribution is 0.536. The van der Waals surface area contributed by atoms with Crippen LogP contribution in [-0.2, 0) is 6.42 Å². The Morgan fingerprint density at radius 1 is 1.25 bits per heavy atom. The molecule has 0 N–H and O–H groups in total. The summed E-state index contributed by atoms with van der Waals surface area (Å²) in [6.45, 7) is 0. The Bertz CT molecular complexity index is 481. The summed E-state index contributed by atoms with van der Waals surface area (Å²) in [6.07, 6.45) is 2.29. The normalized spacial score (nSPS) is 12.7. The van der Waals surface area contributed by atoms with E-state index in [1.807, 2.05) is 30.3 Å². The standard InChI is InChI=1S/C12H9BrCl2O/c13-12-9(5-6-16-12)11(15)7-8-3-1-2-4-10(8)14/h1-6,11H,7H2. The fraction of sp³-hybridized carbons (Fsp3) is 0.167. The predicted molar refractivity (Wildman–Crippen MR) is 70.2 cm³/mol. The summed E-state index contributed by atoms with van der Waals surface area (Å²) in [6, 6.07) is 9.56. The Morgan fingerprint density at radius 2 is 2.00 bits per heavy atom. The molecule has 1 heterocycles. The van der Waals surface area contributed by atoms with Crippen LogP contribution in [0.15, 0.2) is 45.7 Å². The Balaban J connectivity index is 2.17. The number of halogens is 3. The van der Waals surface area contributed by atoms with Crippen molar-refractivity contribution in [3.8, 4) is 0 Å². The summed E-state index contributed by atoms with van der Waals surface area (Å²) in [5, 5.41) is 0.598.